The Balaban J connectivity index is 1.43. The van der Waals surface area contributed by atoms with E-state index in [2.05, 4.69) is 46.6 Å². The zero-order valence-electron chi connectivity index (χ0n) is 15.6. The molecule has 0 bridgehead atoms. The first-order valence-electron chi connectivity index (χ1n) is 9.37. The van der Waals surface area contributed by atoms with Crippen molar-refractivity contribution in [3.05, 3.63) is 59.8 Å². The Morgan fingerprint density at radius 3 is 2.78 bits per heavy atom. The van der Waals surface area contributed by atoms with Crippen LogP contribution in [-0.2, 0) is 6.54 Å². The first kappa shape index (κ1) is 17.7. The van der Waals surface area contributed by atoms with Crippen LogP contribution in [0.5, 0.6) is 0 Å². The third-order valence-electron chi connectivity index (χ3n) is 5.25. The monoisotopic (exact) mass is 363 g/mol. The Labute approximate surface area is 159 Å². The summed E-state index contributed by atoms with van der Waals surface area (Å²) < 4.78 is 1.79. The second-order valence-corrected chi connectivity index (χ2v) is 7.40. The molecular weight excluding hydrogens is 338 g/mol. The maximum atomic E-state index is 11.6. The van der Waals surface area contributed by atoms with Gasteiger partial charge in [0.1, 0.15) is 5.52 Å². The quantitative estimate of drug-likeness (QED) is 0.704. The van der Waals surface area contributed by atoms with E-state index in [4.69, 9.17) is 5.73 Å². The van der Waals surface area contributed by atoms with E-state index in [1.54, 1.807) is 10.7 Å². The number of fused-ring (bicyclic) bond motifs is 1. The number of nitrogens with two attached hydrogens (primary N) is 1. The predicted octanol–water partition coefficient (Wildman–Crippen LogP) is 2.17. The third-order valence-corrected chi connectivity index (χ3v) is 5.25. The molecule has 1 amide bonds. The van der Waals surface area contributed by atoms with Crippen LogP contribution in [0.1, 0.15) is 22.3 Å². The fourth-order valence-corrected chi connectivity index (χ4v) is 3.76. The number of amides is 1. The Bertz CT molecular complexity index is 947. The summed E-state index contributed by atoms with van der Waals surface area (Å²) in [5, 5.41) is 9.02. The Morgan fingerprint density at radius 2 is 2.07 bits per heavy atom. The Kier molecular flexibility index (Phi) is 4.92. The molecule has 1 aromatic heterocycles. The topological polar surface area (TPSA) is 76.2 Å². The molecule has 1 atom stereocenters. The SMILES string of the molecule is CN1CCC(CNCc2ccc(-n3cc4cccc(C(N)=O)c4n3)cc2)C1. The highest BCUT2D eigenvalue weighted by Gasteiger charge is 2.18. The van der Waals surface area contributed by atoms with Crippen molar-refractivity contribution in [2.24, 2.45) is 11.7 Å². The Morgan fingerprint density at radius 1 is 1.26 bits per heavy atom. The third kappa shape index (κ3) is 3.86. The van der Waals surface area contributed by atoms with Gasteiger partial charge < -0.3 is 16.0 Å². The van der Waals surface area contributed by atoms with Gasteiger partial charge >= 0.3 is 0 Å². The van der Waals surface area contributed by atoms with E-state index in [1.807, 2.05) is 18.3 Å². The number of carbonyl (C=O) groups is 1. The van der Waals surface area contributed by atoms with Crippen molar-refractivity contribution in [2.75, 3.05) is 26.7 Å². The minimum Gasteiger partial charge on any atom is -0.366 e. The summed E-state index contributed by atoms with van der Waals surface area (Å²) in [6.45, 7) is 4.32. The van der Waals surface area contributed by atoms with Crippen LogP contribution in [0, 0.1) is 5.92 Å². The molecule has 1 aliphatic heterocycles. The number of nitrogens with one attached hydrogen (secondary N) is 1. The minimum atomic E-state index is -0.458. The summed E-state index contributed by atoms with van der Waals surface area (Å²) in [5.74, 6) is 0.297. The highest BCUT2D eigenvalue weighted by Crippen LogP contribution is 2.20. The van der Waals surface area contributed by atoms with E-state index >= 15 is 0 Å². The molecule has 0 spiro atoms. The lowest BCUT2D eigenvalue weighted by molar-refractivity contribution is 0.100. The van der Waals surface area contributed by atoms with Crippen molar-refractivity contribution in [1.82, 2.24) is 20.0 Å². The molecular formula is C21H25N5O. The fourth-order valence-electron chi connectivity index (χ4n) is 3.76. The molecule has 6 heteroatoms. The number of benzene rings is 2. The number of carbonyl (C=O) groups excluding carboxylic acids is 1. The summed E-state index contributed by atoms with van der Waals surface area (Å²) >= 11 is 0. The second-order valence-electron chi connectivity index (χ2n) is 7.40. The van der Waals surface area contributed by atoms with Crippen LogP contribution in [0.2, 0.25) is 0 Å². The van der Waals surface area contributed by atoms with Crippen molar-refractivity contribution < 1.29 is 4.79 Å². The van der Waals surface area contributed by atoms with Crippen LogP contribution in [-0.4, -0.2) is 47.3 Å². The van der Waals surface area contributed by atoms with Crippen LogP contribution < -0.4 is 11.1 Å². The molecule has 4 rings (SSSR count). The number of nitrogens with zero attached hydrogens (tertiary/aromatic N) is 3. The lowest BCUT2D eigenvalue weighted by atomic mass is 10.1. The lowest BCUT2D eigenvalue weighted by Crippen LogP contribution is -2.24. The molecule has 1 unspecified atom stereocenters. The smallest absolute Gasteiger partial charge is 0.250 e. The standard InChI is InChI=1S/C21H25N5O/c1-25-10-9-16(13-25)12-23-11-15-5-7-18(8-6-15)26-14-17-3-2-4-19(21(22)27)20(17)24-26/h2-8,14,16,23H,9-13H2,1H3,(H2,22,27). The van der Waals surface area contributed by atoms with Crippen molar-refractivity contribution >= 4 is 16.8 Å². The number of hydrogen-bond acceptors (Lipinski definition) is 4. The van der Waals surface area contributed by atoms with Crippen LogP contribution in [0.4, 0.5) is 0 Å². The maximum absolute atomic E-state index is 11.6. The van der Waals surface area contributed by atoms with Gasteiger partial charge in [-0.2, -0.15) is 5.10 Å². The average Bonchev–Trinajstić information content (AvgIpc) is 3.28. The second kappa shape index (κ2) is 7.50. The average molecular weight is 363 g/mol. The fraction of sp³-hybridized carbons (Fsp3) is 0.333. The lowest BCUT2D eigenvalue weighted by Gasteiger charge is -2.12. The van der Waals surface area contributed by atoms with Crippen molar-refractivity contribution in [1.29, 1.82) is 0 Å². The van der Waals surface area contributed by atoms with Crippen LogP contribution in [0.15, 0.2) is 48.7 Å². The van der Waals surface area contributed by atoms with Gasteiger partial charge in [0.2, 0.25) is 0 Å². The van der Waals surface area contributed by atoms with Crippen LogP contribution in [0.3, 0.4) is 0 Å². The molecule has 0 radical (unpaired) electrons. The molecule has 0 aliphatic carbocycles. The maximum Gasteiger partial charge on any atom is 0.250 e. The summed E-state index contributed by atoms with van der Waals surface area (Å²) in [5.41, 5.74) is 8.74. The van der Waals surface area contributed by atoms with E-state index in [0.717, 1.165) is 30.1 Å². The van der Waals surface area contributed by atoms with E-state index in [1.165, 1.54) is 25.1 Å². The molecule has 27 heavy (non-hydrogen) atoms. The minimum absolute atomic E-state index is 0.449. The van der Waals surface area contributed by atoms with Crippen molar-refractivity contribution in [3.63, 3.8) is 0 Å². The van der Waals surface area contributed by atoms with Crippen LogP contribution in [0.25, 0.3) is 16.6 Å². The molecule has 3 N–H and O–H groups in total. The van der Waals surface area contributed by atoms with Gasteiger partial charge in [-0.15, -0.1) is 0 Å². The first-order chi connectivity index (χ1) is 13.1. The van der Waals surface area contributed by atoms with Gasteiger partial charge in [-0.1, -0.05) is 24.3 Å². The largest absolute Gasteiger partial charge is 0.366 e. The van der Waals surface area contributed by atoms with Gasteiger partial charge in [0.15, 0.2) is 0 Å². The molecule has 140 valence electrons. The van der Waals surface area contributed by atoms with Crippen molar-refractivity contribution in [3.8, 4) is 5.69 Å². The van der Waals surface area contributed by atoms with Gasteiger partial charge in [0.25, 0.3) is 5.91 Å². The molecule has 2 aromatic carbocycles. The number of rotatable bonds is 6. The van der Waals surface area contributed by atoms with Crippen molar-refractivity contribution in [2.45, 2.75) is 13.0 Å². The molecule has 1 saturated heterocycles. The molecule has 1 aliphatic rings. The highest BCUT2D eigenvalue weighted by molar-refractivity contribution is 6.04. The molecule has 1 fully saturated rings. The molecule has 6 nitrogen and oxygen atoms in total. The van der Waals surface area contributed by atoms with Crippen LogP contribution >= 0.6 is 0 Å². The van der Waals surface area contributed by atoms with Gasteiger partial charge in [-0.3, -0.25) is 4.79 Å². The number of aromatic nitrogens is 2. The van der Waals surface area contributed by atoms with E-state index < -0.39 is 5.91 Å². The van der Waals surface area contributed by atoms with E-state index in [-0.39, 0.29) is 0 Å². The summed E-state index contributed by atoms with van der Waals surface area (Å²) in [6.07, 6.45) is 3.20. The normalized spacial score (nSPS) is 17.6. The number of likely N-dealkylation sites (tertiary alicyclic amines) is 1. The number of hydrogen-bond donors (Lipinski definition) is 2. The summed E-state index contributed by atoms with van der Waals surface area (Å²) in [7, 11) is 2.18. The zero-order chi connectivity index (χ0) is 18.8. The summed E-state index contributed by atoms with van der Waals surface area (Å²) in [6, 6.07) is 13.8. The zero-order valence-corrected chi connectivity index (χ0v) is 15.6. The van der Waals surface area contributed by atoms with Gasteiger partial charge in [-0.25, -0.2) is 4.68 Å². The van der Waals surface area contributed by atoms with Gasteiger partial charge in [0, 0.05) is 24.7 Å². The summed E-state index contributed by atoms with van der Waals surface area (Å²) in [4.78, 5) is 14.0. The molecule has 3 aromatic rings. The van der Waals surface area contributed by atoms with Gasteiger partial charge in [-0.05, 0) is 56.2 Å². The highest BCUT2D eigenvalue weighted by atomic mass is 16.1. The van der Waals surface area contributed by atoms with E-state index in [0.29, 0.717) is 11.1 Å². The first-order valence-corrected chi connectivity index (χ1v) is 9.37. The Hall–Kier alpha value is -2.70. The number of primary amides is 1. The predicted molar refractivity (Wildman–Crippen MR) is 107 cm³/mol. The van der Waals surface area contributed by atoms with Gasteiger partial charge in [0.05, 0.1) is 11.3 Å². The molecule has 0 saturated carbocycles. The van der Waals surface area contributed by atoms with E-state index in [9.17, 15) is 4.79 Å². The molecule has 2 heterocycles.